The predicted molar refractivity (Wildman–Crippen MR) is 152 cm³/mol. The second kappa shape index (κ2) is 7.69. The minimum atomic E-state index is -0.410. The van der Waals surface area contributed by atoms with Crippen LogP contribution in [-0.2, 0) is 15.6 Å². The van der Waals surface area contributed by atoms with Crippen LogP contribution in [0.3, 0.4) is 0 Å². The van der Waals surface area contributed by atoms with Crippen molar-refractivity contribution in [2.45, 2.75) is 52.4 Å². The van der Waals surface area contributed by atoms with E-state index in [1.807, 2.05) is 50.2 Å². The summed E-state index contributed by atoms with van der Waals surface area (Å²) in [5, 5.41) is 17.7. The minimum absolute atomic E-state index is 0.0402. The summed E-state index contributed by atoms with van der Waals surface area (Å²) >= 11 is 6.27. The molecule has 5 heteroatoms. The van der Waals surface area contributed by atoms with Crippen LogP contribution in [-0.4, -0.2) is 16.6 Å². The number of nitrogens with zero attached hydrogens (tertiary/aromatic N) is 1. The van der Waals surface area contributed by atoms with Crippen LogP contribution in [0.1, 0.15) is 52.7 Å². The molecule has 0 saturated carbocycles. The molecule has 0 unspecified atom stereocenters. The first-order valence-corrected chi connectivity index (χ1v) is 12.9. The van der Waals surface area contributed by atoms with Gasteiger partial charge in [-0.3, -0.25) is 9.79 Å². The van der Waals surface area contributed by atoms with Gasteiger partial charge in [0.15, 0.2) is 0 Å². The van der Waals surface area contributed by atoms with Crippen LogP contribution < -0.4 is 5.32 Å². The molecule has 3 aliphatic rings. The number of fused-ring (bicyclic) bond motifs is 4. The first-order chi connectivity index (χ1) is 17.4. The Bertz CT molecular complexity index is 1700. The van der Waals surface area contributed by atoms with Crippen LogP contribution in [0.2, 0.25) is 5.02 Å². The zero-order valence-corrected chi connectivity index (χ0v) is 22.6. The first-order valence-electron chi connectivity index (χ1n) is 12.5. The Kier molecular flexibility index (Phi) is 4.93. The molecule has 186 valence electrons. The molecule has 6 rings (SSSR count). The van der Waals surface area contributed by atoms with Gasteiger partial charge in [-0.2, -0.15) is 0 Å². The average molecular weight is 509 g/mol. The number of allylic oxidation sites excluding steroid dienone is 5. The molecule has 3 aromatic carbocycles. The summed E-state index contributed by atoms with van der Waals surface area (Å²) in [6, 6.07) is 18.2. The summed E-state index contributed by atoms with van der Waals surface area (Å²) in [5.41, 5.74) is 7.23. The SMILES string of the molecule is C/C(C1=Nc2ccc3ccccc3c2C1(C)C)=C1/C(=O)C(C(/C)=C2/Nc3ccc(Cl)cc3C2(C)C)=C1O. The number of rotatable bonds is 2. The molecule has 2 heterocycles. The summed E-state index contributed by atoms with van der Waals surface area (Å²) < 4.78 is 0. The molecule has 0 bridgehead atoms. The highest BCUT2D eigenvalue weighted by Crippen LogP contribution is 2.50. The Hall–Kier alpha value is -3.63. The van der Waals surface area contributed by atoms with Gasteiger partial charge in [0.1, 0.15) is 5.76 Å². The zero-order valence-electron chi connectivity index (χ0n) is 21.9. The van der Waals surface area contributed by atoms with Crippen molar-refractivity contribution in [3.63, 3.8) is 0 Å². The molecule has 0 fully saturated rings. The van der Waals surface area contributed by atoms with E-state index >= 15 is 0 Å². The van der Waals surface area contributed by atoms with Gasteiger partial charge in [-0.1, -0.05) is 69.6 Å². The van der Waals surface area contributed by atoms with Gasteiger partial charge in [-0.25, -0.2) is 0 Å². The lowest BCUT2D eigenvalue weighted by atomic mass is 9.72. The summed E-state index contributed by atoms with van der Waals surface area (Å²) in [7, 11) is 0. The maximum absolute atomic E-state index is 13.6. The molecular weight excluding hydrogens is 480 g/mol. The van der Waals surface area contributed by atoms with Crippen molar-refractivity contribution < 1.29 is 9.90 Å². The third-order valence-electron chi connectivity index (χ3n) is 8.30. The van der Waals surface area contributed by atoms with Crippen LogP contribution in [0.15, 0.2) is 93.3 Å². The van der Waals surface area contributed by atoms with E-state index in [9.17, 15) is 9.90 Å². The molecule has 0 spiro atoms. The minimum Gasteiger partial charge on any atom is -0.506 e. The molecule has 3 aromatic rings. The number of halogens is 1. The van der Waals surface area contributed by atoms with Crippen LogP contribution in [0.25, 0.3) is 10.8 Å². The lowest BCUT2D eigenvalue weighted by molar-refractivity contribution is -0.113. The summed E-state index contributed by atoms with van der Waals surface area (Å²) in [4.78, 5) is 18.6. The van der Waals surface area contributed by atoms with Gasteiger partial charge in [0, 0.05) is 27.2 Å². The monoisotopic (exact) mass is 508 g/mol. The maximum atomic E-state index is 13.6. The maximum Gasteiger partial charge on any atom is 0.201 e. The molecule has 2 N–H and O–H groups in total. The van der Waals surface area contributed by atoms with E-state index in [-0.39, 0.29) is 17.0 Å². The highest BCUT2D eigenvalue weighted by Gasteiger charge is 2.45. The first kappa shape index (κ1) is 23.7. The van der Waals surface area contributed by atoms with Gasteiger partial charge in [0.05, 0.1) is 22.5 Å². The summed E-state index contributed by atoms with van der Waals surface area (Å²) in [5.74, 6) is -0.107. The molecule has 0 saturated heterocycles. The smallest absolute Gasteiger partial charge is 0.201 e. The van der Waals surface area contributed by atoms with Crippen molar-refractivity contribution in [3.05, 3.63) is 104 Å². The fraction of sp³-hybridized carbons (Fsp3) is 0.250. The molecule has 0 aromatic heterocycles. The largest absolute Gasteiger partial charge is 0.506 e. The van der Waals surface area contributed by atoms with Crippen molar-refractivity contribution in [2.24, 2.45) is 4.99 Å². The lowest BCUT2D eigenvalue weighted by Crippen LogP contribution is -2.33. The number of aliphatic imine (C=N–C) groups is 1. The van der Waals surface area contributed by atoms with E-state index < -0.39 is 5.41 Å². The van der Waals surface area contributed by atoms with Gasteiger partial charge in [-0.15, -0.1) is 0 Å². The Morgan fingerprint density at radius 3 is 2.41 bits per heavy atom. The highest BCUT2D eigenvalue weighted by molar-refractivity contribution is 6.31. The number of aliphatic hydroxyl groups is 1. The summed E-state index contributed by atoms with van der Waals surface area (Å²) in [6.07, 6.45) is 0. The van der Waals surface area contributed by atoms with E-state index in [1.165, 1.54) is 0 Å². The molecule has 4 nitrogen and oxygen atoms in total. The van der Waals surface area contributed by atoms with E-state index in [0.29, 0.717) is 16.2 Å². The van der Waals surface area contributed by atoms with Gasteiger partial charge in [0.2, 0.25) is 5.78 Å². The van der Waals surface area contributed by atoms with Crippen LogP contribution in [0.4, 0.5) is 11.4 Å². The number of carbonyl (C=O) groups excluding carboxylic acids is 1. The molecule has 0 amide bonds. The number of hydrogen-bond acceptors (Lipinski definition) is 4. The topological polar surface area (TPSA) is 61.7 Å². The van der Waals surface area contributed by atoms with Gasteiger partial charge >= 0.3 is 0 Å². The van der Waals surface area contributed by atoms with Crippen molar-refractivity contribution in [2.75, 3.05) is 5.32 Å². The van der Waals surface area contributed by atoms with E-state index in [1.54, 1.807) is 0 Å². The Morgan fingerprint density at radius 1 is 0.946 bits per heavy atom. The van der Waals surface area contributed by atoms with Crippen molar-refractivity contribution in [1.29, 1.82) is 0 Å². The molecule has 37 heavy (non-hydrogen) atoms. The van der Waals surface area contributed by atoms with Crippen LogP contribution in [0.5, 0.6) is 0 Å². The Morgan fingerprint density at radius 2 is 1.68 bits per heavy atom. The number of nitrogens with one attached hydrogen (secondary N) is 1. The summed E-state index contributed by atoms with van der Waals surface area (Å²) in [6.45, 7) is 12.3. The van der Waals surface area contributed by atoms with Gasteiger partial charge in [-0.05, 0) is 71.2 Å². The van der Waals surface area contributed by atoms with E-state index in [4.69, 9.17) is 16.6 Å². The standard InChI is InChI=1S/C32H29ClN2O2/c1-16(29-31(3,4)21-15-19(33)12-14-22(21)34-29)24-27(36)25(28(24)37)17(2)30-32(5,6)26-20-10-8-7-9-18(20)11-13-23(26)35-30/h7-15,34,36H,1-6H3/b25-17-,29-16+. The molecule has 0 radical (unpaired) electrons. The molecule has 2 aliphatic heterocycles. The Labute approximate surface area is 222 Å². The van der Waals surface area contributed by atoms with Gasteiger partial charge in [0.25, 0.3) is 0 Å². The second-order valence-electron chi connectivity index (χ2n) is 11.3. The Balaban J connectivity index is 1.43. The average Bonchev–Trinajstić information content (AvgIpc) is 3.28. The second-order valence-corrected chi connectivity index (χ2v) is 11.7. The van der Waals surface area contributed by atoms with E-state index in [0.717, 1.165) is 55.8 Å². The number of hydrogen-bond donors (Lipinski definition) is 2. The number of benzene rings is 3. The normalized spacial score (nSPS) is 21.8. The zero-order chi connectivity index (χ0) is 26.4. The molecule has 1 aliphatic carbocycles. The van der Waals surface area contributed by atoms with Crippen LogP contribution in [0, 0.1) is 0 Å². The number of aliphatic hydroxyl groups excluding tert-OH is 1. The third-order valence-corrected chi connectivity index (χ3v) is 8.54. The molecular formula is C32H29ClN2O2. The number of carbonyl (C=O) groups is 1. The van der Waals surface area contributed by atoms with Crippen LogP contribution >= 0.6 is 11.6 Å². The van der Waals surface area contributed by atoms with E-state index in [2.05, 4.69) is 51.2 Å². The quantitative estimate of drug-likeness (QED) is 0.342. The van der Waals surface area contributed by atoms with Crippen molar-refractivity contribution in [1.82, 2.24) is 0 Å². The highest BCUT2D eigenvalue weighted by atomic mass is 35.5. The van der Waals surface area contributed by atoms with Gasteiger partial charge < -0.3 is 10.4 Å². The lowest BCUT2D eigenvalue weighted by Gasteiger charge is -2.30. The predicted octanol–water partition coefficient (Wildman–Crippen LogP) is 8.25. The molecule has 0 atom stereocenters. The number of Topliss-reactive ketones (excluding diaryl/α,β-unsaturated/α-hetero) is 1. The third kappa shape index (κ3) is 3.15. The van der Waals surface area contributed by atoms with Crippen molar-refractivity contribution >= 4 is 45.2 Å². The van der Waals surface area contributed by atoms with Crippen molar-refractivity contribution in [3.8, 4) is 0 Å². The number of ketones is 1. The fourth-order valence-electron chi connectivity index (χ4n) is 6.41. The number of anilines is 1. The fourth-order valence-corrected chi connectivity index (χ4v) is 6.59.